The fraction of sp³-hybridized carbons (Fsp3) is 0.333. The number of fused-ring (bicyclic) bond motifs is 1. The molecule has 6 nitrogen and oxygen atoms in total. The van der Waals surface area contributed by atoms with Crippen molar-refractivity contribution in [1.82, 2.24) is 9.29 Å². The molecule has 2 heterocycles. The number of halogens is 1. The van der Waals surface area contributed by atoms with Crippen molar-refractivity contribution in [1.29, 1.82) is 0 Å². The molecular weight excluding hydrogens is 442 g/mol. The molecule has 9 heteroatoms. The third kappa shape index (κ3) is 4.67. The molecule has 0 bridgehead atoms. The normalized spacial score (nSPS) is 17.9. The summed E-state index contributed by atoms with van der Waals surface area (Å²) in [6, 6.07) is 15.2. The summed E-state index contributed by atoms with van der Waals surface area (Å²) < 4.78 is 26.3. The van der Waals surface area contributed by atoms with Gasteiger partial charge in [-0.25, -0.2) is 17.7 Å². The van der Waals surface area contributed by atoms with Gasteiger partial charge in [-0.1, -0.05) is 53.3 Å². The minimum atomic E-state index is -3.33. The zero-order chi connectivity index (χ0) is 21.3. The largest absolute Gasteiger partial charge is 0.283 e. The molecule has 1 atom stereocenters. The number of sulfonamides is 1. The van der Waals surface area contributed by atoms with Gasteiger partial charge in [0.2, 0.25) is 15.9 Å². The average Bonchev–Trinajstić information content (AvgIpc) is 3.14. The van der Waals surface area contributed by atoms with E-state index in [4.69, 9.17) is 11.6 Å². The summed E-state index contributed by atoms with van der Waals surface area (Å²) in [4.78, 5) is 19.9. The lowest BCUT2D eigenvalue weighted by Gasteiger charge is -2.33. The van der Waals surface area contributed by atoms with Crippen LogP contribution in [-0.4, -0.2) is 43.0 Å². The number of nitrogens with zero attached hydrogens (tertiary/aromatic N) is 3. The molecule has 3 aromatic rings. The zero-order valence-electron chi connectivity index (χ0n) is 16.5. The number of hydrogen-bond acceptors (Lipinski definition) is 5. The second kappa shape index (κ2) is 8.63. The molecule has 1 aliphatic rings. The van der Waals surface area contributed by atoms with Crippen LogP contribution >= 0.6 is 22.9 Å². The Bertz CT molecular complexity index is 1160. The Balaban J connectivity index is 1.68. The Morgan fingerprint density at radius 2 is 2.03 bits per heavy atom. The number of thiazole rings is 1. The average molecular weight is 464 g/mol. The maximum atomic E-state index is 13.6. The number of carbonyl (C=O) groups is 1. The highest BCUT2D eigenvalue weighted by Crippen LogP contribution is 2.33. The van der Waals surface area contributed by atoms with Gasteiger partial charge in [-0.2, -0.15) is 0 Å². The fourth-order valence-electron chi connectivity index (χ4n) is 3.67. The molecule has 0 aliphatic carbocycles. The molecule has 1 saturated heterocycles. The Hall–Kier alpha value is -2.00. The van der Waals surface area contributed by atoms with Crippen molar-refractivity contribution in [2.24, 2.45) is 5.92 Å². The minimum Gasteiger partial charge on any atom is -0.283 e. The SMILES string of the molecule is CS(=O)(=O)N1CCCC(C(=O)N(Cc2ccccc2)c2nc3ccc(Cl)cc3s2)C1. The summed E-state index contributed by atoms with van der Waals surface area (Å²) in [5.41, 5.74) is 1.77. The molecular formula is C21H22ClN3O3S2. The van der Waals surface area contributed by atoms with Crippen molar-refractivity contribution >= 4 is 54.2 Å². The van der Waals surface area contributed by atoms with E-state index >= 15 is 0 Å². The van der Waals surface area contributed by atoms with E-state index in [9.17, 15) is 13.2 Å². The number of hydrogen-bond donors (Lipinski definition) is 0. The van der Waals surface area contributed by atoms with Gasteiger partial charge in [0.25, 0.3) is 0 Å². The van der Waals surface area contributed by atoms with Gasteiger partial charge in [0.1, 0.15) is 0 Å². The molecule has 158 valence electrons. The van der Waals surface area contributed by atoms with Gasteiger partial charge >= 0.3 is 0 Å². The molecule has 0 N–H and O–H groups in total. The number of aromatic nitrogens is 1. The number of amides is 1. The Labute approximate surface area is 185 Å². The first-order valence-corrected chi connectivity index (χ1v) is 12.7. The molecule has 1 aliphatic heterocycles. The summed E-state index contributed by atoms with van der Waals surface area (Å²) in [6.07, 6.45) is 2.52. The topological polar surface area (TPSA) is 70.6 Å². The van der Waals surface area contributed by atoms with E-state index in [0.717, 1.165) is 15.8 Å². The number of benzene rings is 2. The number of carbonyl (C=O) groups excluding carboxylic acids is 1. The van der Waals surface area contributed by atoms with Crippen LogP contribution in [0.1, 0.15) is 18.4 Å². The zero-order valence-corrected chi connectivity index (χ0v) is 18.9. The highest BCUT2D eigenvalue weighted by atomic mass is 35.5. The van der Waals surface area contributed by atoms with Crippen LogP contribution in [0, 0.1) is 5.92 Å². The van der Waals surface area contributed by atoms with E-state index < -0.39 is 15.9 Å². The molecule has 0 saturated carbocycles. The number of rotatable bonds is 5. The molecule has 2 aromatic carbocycles. The quantitative estimate of drug-likeness (QED) is 0.569. The van der Waals surface area contributed by atoms with Crippen molar-refractivity contribution in [2.45, 2.75) is 19.4 Å². The van der Waals surface area contributed by atoms with Gasteiger partial charge in [-0.3, -0.25) is 9.69 Å². The molecule has 4 rings (SSSR count). The summed E-state index contributed by atoms with van der Waals surface area (Å²) in [6.45, 7) is 1.04. The summed E-state index contributed by atoms with van der Waals surface area (Å²) in [7, 11) is -3.33. The van der Waals surface area contributed by atoms with E-state index in [2.05, 4.69) is 4.98 Å². The molecule has 30 heavy (non-hydrogen) atoms. The van der Waals surface area contributed by atoms with Crippen LogP contribution in [0.25, 0.3) is 10.2 Å². The Kier molecular flexibility index (Phi) is 6.11. The van der Waals surface area contributed by atoms with E-state index in [-0.39, 0.29) is 12.5 Å². The third-order valence-corrected chi connectivity index (χ3v) is 7.77. The van der Waals surface area contributed by atoms with Crippen molar-refractivity contribution in [3.63, 3.8) is 0 Å². The lowest BCUT2D eigenvalue weighted by Crippen LogP contribution is -2.46. The van der Waals surface area contributed by atoms with Gasteiger partial charge in [0.15, 0.2) is 5.13 Å². The molecule has 1 unspecified atom stereocenters. The highest BCUT2D eigenvalue weighted by Gasteiger charge is 2.34. The van der Waals surface area contributed by atoms with Crippen LogP contribution < -0.4 is 4.90 Å². The van der Waals surface area contributed by atoms with E-state index in [0.29, 0.717) is 36.1 Å². The highest BCUT2D eigenvalue weighted by molar-refractivity contribution is 7.88. The van der Waals surface area contributed by atoms with E-state index in [1.807, 2.05) is 42.5 Å². The monoisotopic (exact) mass is 463 g/mol. The molecule has 1 fully saturated rings. The van der Waals surface area contributed by atoms with Crippen LogP contribution in [0.5, 0.6) is 0 Å². The summed E-state index contributed by atoms with van der Waals surface area (Å²) in [5, 5.41) is 1.22. The smallest absolute Gasteiger partial charge is 0.233 e. The second-order valence-electron chi connectivity index (χ2n) is 7.48. The first kappa shape index (κ1) is 21.2. The molecule has 0 spiro atoms. The third-order valence-electron chi connectivity index (χ3n) is 5.22. The minimum absolute atomic E-state index is 0.0997. The number of piperidine rings is 1. The molecule has 0 radical (unpaired) electrons. The fourth-order valence-corrected chi connectivity index (χ4v) is 5.83. The van der Waals surface area contributed by atoms with E-state index in [1.54, 1.807) is 11.0 Å². The van der Waals surface area contributed by atoms with Gasteiger partial charge in [-0.05, 0) is 36.6 Å². The first-order valence-electron chi connectivity index (χ1n) is 9.68. The Morgan fingerprint density at radius 3 is 2.77 bits per heavy atom. The lowest BCUT2D eigenvalue weighted by atomic mass is 9.98. The maximum absolute atomic E-state index is 13.6. The summed E-state index contributed by atoms with van der Waals surface area (Å²) >= 11 is 7.53. The first-order chi connectivity index (χ1) is 14.3. The van der Waals surface area contributed by atoms with Crippen LogP contribution in [0.2, 0.25) is 5.02 Å². The van der Waals surface area contributed by atoms with Crippen LogP contribution in [0.4, 0.5) is 5.13 Å². The lowest BCUT2D eigenvalue weighted by molar-refractivity contribution is -0.123. The van der Waals surface area contributed by atoms with Crippen LogP contribution in [0.15, 0.2) is 48.5 Å². The van der Waals surface area contributed by atoms with Crippen molar-refractivity contribution in [3.05, 3.63) is 59.1 Å². The van der Waals surface area contributed by atoms with Gasteiger partial charge in [0.05, 0.1) is 28.9 Å². The molecule has 1 amide bonds. The predicted molar refractivity (Wildman–Crippen MR) is 121 cm³/mol. The van der Waals surface area contributed by atoms with Crippen LogP contribution in [-0.2, 0) is 21.4 Å². The van der Waals surface area contributed by atoms with Crippen molar-refractivity contribution in [2.75, 3.05) is 24.2 Å². The standard InChI is InChI=1S/C21H22ClN3O3S2/c1-30(27,28)24-11-5-8-16(14-24)20(26)25(13-15-6-3-2-4-7-15)21-23-18-10-9-17(22)12-19(18)29-21/h2-4,6-7,9-10,12,16H,5,8,11,13-14H2,1H3. The van der Waals surface area contributed by atoms with E-state index in [1.165, 1.54) is 21.9 Å². The van der Waals surface area contributed by atoms with Crippen molar-refractivity contribution in [3.8, 4) is 0 Å². The maximum Gasteiger partial charge on any atom is 0.233 e. The summed E-state index contributed by atoms with van der Waals surface area (Å²) in [5.74, 6) is -0.495. The van der Waals surface area contributed by atoms with Crippen LogP contribution in [0.3, 0.4) is 0 Å². The van der Waals surface area contributed by atoms with Gasteiger partial charge in [0, 0.05) is 18.1 Å². The Morgan fingerprint density at radius 1 is 1.27 bits per heavy atom. The number of anilines is 1. The van der Waals surface area contributed by atoms with Crippen molar-refractivity contribution < 1.29 is 13.2 Å². The predicted octanol–water partition coefficient (Wildman–Crippen LogP) is 4.15. The van der Waals surface area contributed by atoms with Gasteiger partial charge in [-0.15, -0.1) is 0 Å². The second-order valence-corrected chi connectivity index (χ2v) is 10.9. The van der Waals surface area contributed by atoms with Gasteiger partial charge < -0.3 is 0 Å². The molecule has 1 aromatic heterocycles.